The van der Waals surface area contributed by atoms with Crippen molar-refractivity contribution in [2.75, 3.05) is 0 Å². The number of aromatic nitrogens is 2. The van der Waals surface area contributed by atoms with Crippen LogP contribution in [0.3, 0.4) is 0 Å². The van der Waals surface area contributed by atoms with Gasteiger partial charge in [0.15, 0.2) is 11.3 Å². The highest BCUT2D eigenvalue weighted by Gasteiger charge is 2.17. The summed E-state index contributed by atoms with van der Waals surface area (Å²) in [5.74, 6) is 0.263. The van der Waals surface area contributed by atoms with Crippen molar-refractivity contribution in [2.45, 2.75) is 0 Å². The molecule has 24 heavy (non-hydrogen) atoms. The molecule has 0 spiro atoms. The summed E-state index contributed by atoms with van der Waals surface area (Å²) in [6.45, 7) is 0. The van der Waals surface area contributed by atoms with Crippen molar-refractivity contribution < 1.29 is 14.0 Å². The Balaban J connectivity index is 1.82. The first kappa shape index (κ1) is 14.5. The molecule has 0 unspecified atom stereocenters. The molecule has 0 bridgehead atoms. The summed E-state index contributed by atoms with van der Waals surface area (Å²) in [5, 5.41) is 14.8. The minimum atomic E-state index is -0.671. The maximum absolute atomic E-state index is 12.2. The van der Waals surface area contributed by atoms with E-state index in [0.29, 0.717) is 21.8 Å². The summed E-state index contributed by atoms with van der Waals surface area (Å²) in [7, 11) is 0. The third-order valence-electron chi connectivity index (χ3n) is 3.50. The molecule has 0 saturated heterocycles. The van der Waals surface area contributed by atoms with E-state index < -0.39 is 5.63 Å². The van der Waals surface area contributed by atoms with Crippen LogP contribution in [-0.4, -0.2) is 15.2 Å². The second kappa shape index (κ2) is 5.50. The van der Waals surface area contributed by atoms with Gasteiger partial charge in [0.2, 0.25) is 5.82 Å². The van der Waals surface area contributed by atoms with E-state index in [0.717, 1.165) is 0 Å². The lowest BCUT2D eigenvalue weighted by Crippen LogP contribution is -2.02. The molecule has 6 nitrogen and oxygen atoms in total. The second-order valence-corrected chi connectivity index (χ2v) is 5.51. The van der Waals surface area contributed by atoms with E-state index in [9.17, 15) is 9.90 Å². The molecule has 0 aliphatic rings. The van der Waals surface area contributed by atoms with Gasteiger partial charge in [-0.15, -0.1) is 0 Å². The Morgan fingerprint density at radius 1 is 1.08 bits per heavy atom. The van der Waals surface area contributed by atoms with Gasteiger partial charge in [0, 0.05) is 16.0 Å². The van der Waals surface area contributed by atoms with Crippen LogP contribution in [0.15, 0.2) is 62.3 Å². The van der Waals surface area contributed by atoms with Crippen molar-refractivity contribution in [2.24, 2.45) is 0 Å². The number of phenolic OH excluding ortho intramolecular Hbond substituents is 1. The Morgan fingerprint density at radius 3 is 2.67 bits per heavy atom. The minimum absolute atomic E-state index is 0.0407. The van der Waals surface area contributed by atoms with Crippen LogP contribution in [0.1, 0.15) is 0 Å². The van der Waals surface area contributed by atoms with Gasteiger partial charge >= 0.3 is 5.63 Å². The molecule has 0 atom stereocenters. The van der Waals surface area contributed by atoms with Crippen molar-refractivity contribution in [1.82, 2.24) is 10.1 Å². The Morgan fingerprint density at radius 2 is 1.88 bits per heavy atom. The van der Waals surface area contributed by atoms with Crippen molar-refractivity contribution in [3.8, 4) is 28.6 Å². The normalized spacial score (nSPS) is 11.0. The molecule has 118 valence electrons. The van der Waals surface area contributed by atoms with Gasteiger partial charge in [0.05, 0.1) is 0 Å². The Labute approximate surface area is 139 Å². The van der Waals surface area contributed by atoms with Crippen molar-refractivity contribution in [3.05, 3.63) is 64.0 Å². The number of nitrogens with zero attached hydrogens (tertiary/aromatic N) is 2. The largest absolute Gasteiger partial charge is 0.504 e. The Bertz CT molecular complexity index is 1100. The lowest BCUT2D eigenvalue weighted by Gasteiger charge is -2.00. The highest BCUT2D eigenvalue weighted by molar-refractivity contribution is 6.30. The van der Waals surface area contributed by atoms with Crippen LogP contribution in [0.5, 0.6) is 5.75 Å². The third-order valence-corrected chi connectivity index (χ3v) is 3.75. The number of para-hydroxylation sites is 1. The number of phenols is 1. The number of rotatable bonds is 2. The van der Waals surface area contributed by atoms with Gasteiger partial charge in [-0.25, -0.2) is 4.79 Å². The summed E-state index contributed by atoms with van der Waals surface area (Å²) >= 11 is 5.85. The number of fused-ring (bicyclic) bond motifs is 1. The standard InChI is InChI=1S/C17H9ClN2O4/c18-11-6-4-9(5-7-11)15-19-16(24-20-15)12-8-10-2-1-3-13(21)14(10)23-17(12)22/h1-8,21H. The van der Waals surface area contributed by atoms with Crippen molar-refractivity contribution in [3.63, 3.8) is 0 Å². The number of halogens is 1. The van der Waals surface area contributed by atoms with E-state index in [4.69, 9.17) is 20.5 Å². The molecule has 1 N–H and O–H groups in total. The smallest absolute Gasteiger partial charge is 0.349 e. The summed E-state index contributed by atoms with van der Waals surface area (Å²) in [5.41, 5.74) is 0.275. The van der Waals surface area contributed by atoms with Crippen LogP contribution < -0.4 is 5.63 Å². The zero-order valence-corrected chi connectivity index (χ0v) is 12.8. The van der Waals surface area contributed by atoms with Crippen LogP contribution in [0.4, 0.5) is 0 Å². The molecule has 2 aromatic heterocycles. The van der Waals surface area contributed by atoms with Gasteiger partial charge in [-0.3, -0.25) is 0 Å². The fourth-order valence-corrected chi connectivity index (χ4v) is 2.45. The van der Waals surface area contributed by atoms with Gasteiger partial charge in [-0.05, 0) is 36.4 Å². The summed E-state index contributed by atoms with van der Waals surface area (Å²) in [6, 6.07) is 13.2. The fraction of sp³-hybridized carbons (Fsp3) is 0. The van der Waals surface area contributed by atoms with Crippen LogP contribution >= 0.6 is 11.6 Å². The first-order valence-electron chi connectivity index (χ1n) is 6.98. The zero-order chi connectivity index (χ0) is 16.7. The van der Waals surface area contributed by atoms with E-state index in [1.54, 1.807) is 42.5 Å². The number of hydrogen-bond donors (Lipinski definition) is 1. The van der Waals surface area contributed by atoms with Crippen LogP contribution in [0.25, 0.3) is 33.8 Å². The number of hydrogen-bond acceptors (Lipinski definition) is 6. The van der Waals surface area contributed by atoms with Crippen LogP contribution in [-0.2, 0) is 0 Å². The van der Waals surface area contributed by atoms with E-state index in [-0.39, 0.29) is 22.8 Å². The molecular weight excluding hydrogens is 332 g/mol. The maximum atomic E-state index is 12.2. The maximum Gasteiger partial charge on any atom is 0.349 e. The molecule has 2 heterocycles. The van der Waals surface area contributed by atoms with Crippen LogP contribution in [0, 0.1) is 0 Å². The highest BCUT2D eigenvalue weighted by Crippen LogP contribution is 2.27. The minimum Gasteiger partial charge on any atom is -0.504 e. The first-order chi connectivity index (χ1) is 11.6. The molecule has 0 aliphatic heterocycles. The first-order valence-corrected chi connectivity index (χ1v) is 7.35. The molecule has 4 rings (SSSR count). The predicted molar refractivity (Wildman–Crippen MR) is 87.9 cm³/mol. The summed E-state index contributed by atoms with van der Waals surface area (Å²) in [6.07, 6.45) is 0. The van der Waals surface area contributed by atoms with Gasteiger partial charge in [-0.1, -0.05) is 28.9 Å². The second-order valence-electron chi connectivity index (χ2n) is 5.07. The Kier molecular flexibility index (Phi) is 3.32. The quantitative estimate of drug-likeness (QED) is 0.557. The average Bonchev–Trinajstić information content (AvgIpc) is 3.06. The van der Waals surface area contributed by atoms with E-state index >= 15 is 0 Å². The number of benzene rings is 2. The average molecular weight is 341 g/mol. The molecule has 0 amide bonds. The van der Waals surface area contributed by atoms with Gasteiger partial charge < -0.3 is 14.0 Å². The topological polar surface area (TPSA) is 89.4 Å². The zero-order valence-electron chi connectivity index (χ0n) is 12.1. The molecule has 0 fully saturated rings. The highest BCUT2D eigenvalue weighted by atomic mass is 35.5. The Hall–Kier alpha value is -3.12. The van der Waals surface area contributed by atoms with Gasteiger partial charge in [0.25, 0.3) is 5.89 Å². The molecular formula is C17H9ClN2O4. The molecule has 4 aromatic rings. The molecule has 0 radical (unpaired) electrons. The van der Waals surface area contributed by atoms with E-state index in [1.165, 1.54) is 6.07 Å². The molecule has 2 aromatic carbocycles. The summed E-state index contributed by atoms with van der Waals surface area (Å²) < 4.78 is 10.3. The van der Waals surface area contributed by atoms with Gasteiger partial charge in [-0.2, -0.15) is 4.98 Å². The third kappa shape index (κ3) is 2.43. The monoisotopic (exact) mass is 340 g/mol. The lowest BCUT2D eigenvalue weighted by molar-refractivity contribution is 0.427. The van der Waals surface area contributed by atoms with E-state index in [1.807, 2.05) is 0 Å². The predicted octanol–water partition coefficient (Wildman–Crippen LogP) is 3.87. The van der Waals surface area contributed by atoms with Crippen molar-refractivity contribution >= 4 is 22.6 Å². The molecule has 0 saturated carbocycles. The number of aromatic hydroxyl groups is 1. The SMILES string of the molecule is O=c1oc2c(O)cccc2cc1-c1nc(-c2ccc(Cl)cc2)no1. The lowest BCUT2D eigenvalue weighted by atomic mass is 10.1. The summed E-state index contributed by atoms with van der Waals surface area (Å²) in [4.78, 5) is 16.4. The van der Waals surface area contributed by atoms with Gasteiger partial charge in [0.1, 0.15) is 5.56 Å². The fourth-order valence-electron chi connectivity index (χ4n) is 2.33. The van der Waals surface area contributed by atoms with E-state index in [2.05, 4.69) is 10.1 Å². The molecule has 7 heteroatoms. The van der Waals surface area contributed by atoms with Crippen molar-refractivity contribution in [1.29, 1.82) is 0 Å². The molecule has 0 aliphatic carbocycles. The van der Waals surface area contributed by atoms with Crippen LogP contribution in [0.2, 0.25) is 5.02 Å².